The highest BCUT2D eigenvalue weighted by Crippen LogP contribution is 2.28. The molecule has 0 saturated heterocycles. The summed E-state index contributed by atoms with van der Waals surface area (Å²) in [4.78, 5) is 10.6. The summed E-state index contributed by atoms with van der Waals surface area (Å²) in [6.45, 7) is 1.99. The van der Waals surface area contributed by atoms with Crippen LogP contribution >= 0.6 is 27.5 Å². The van der Waals surface area contributed by atoms with Gasteiger partial charge in [0.2, 0.25) is 0 Å². The molecule has 0 aliphatic carbocycles. The first-order valence-electron chi connectivity index (χ1n) is 3.54. The second-order valence-electron chi connectivity index (χ2n) is 2.51. The highest BCUT2D eigenvalue weighted by molar-refractivity contribution is 9.09. The van der Waals surface area contributed by atoms with E-state index in [1.807, 2.05) is 13.0 Å². The molecule has 1 atom stereocenters. The lowest BCUT2D eigenvalue weighted by Crippen LogP contribution is -1.87. The average Bonchev–Trinajstić information content (AvgIpc) is 2.03. The molecule has 64 valence electrons. The van der Waals surface area contributed by atoms with Crippen LogP contribution in [0.3, 0.4) is 0 Å². The van der Waals surface area contributed by atoms with Crippen LogP contribution in [-0.4, -0.2) is 6.29 Å². The molecule has 1 nitrogen and oxygen atoms in total. The molecular weight excluding hydrogens is 239 g/mol. The van der Waals surface area contributed by atoms with Gasteiger partial charge in [-0.1, -0.05) is 39.7 Å². The first-order chi connectivity index (χ1) is 5.65. The van der Waals surface area contributed by atoms with Crippen molar-refractivity contribution < 1.29 is 4.79 Å². The summed E-state index contributed by atoms with van der Waals surface area (Å²) >= 11 is 9.32. The molecule has 12 heavy (non-hydrogen) atoms. The van der Waals surface area contributed by atoms with E-state index in [4.69, 9.17) is 11.6 Å². The molecule has 0 aromatic heterocycles. The second-order valence-corrected chi connectivity index (χ2v) is 4.30. The van der Waals surface area contributed by atoms with E-state index in [2.05, 4.69) is 15.9 Å². The zero-order chi connectivity index (χ0) is 9.14. The van der Waals surface area contributed by atoms with Crippen LogP contribution in [0.25, 0.3) is 0 Å². The van der Waals surface area contributed by atoms with Crippen molar-refractivity contribution in [1.29, 1.82) is 0 Å². The first kappa shape index (κ1) is 9.75. The number of carbonyl (C=O) groups excluding carboxylic acids is 1. The predicted molar refractivity (Wildman–Crippen MR) is 54.2 cm³/mol. The van der Waals surface area contributed by atoms with Crippen LogP contribution < -0.4 is 0 Å². The average molecular weight is 248 g/mol. The standard InChI is InChI=1S/C9H8BrClO/c1-6(10)8-3-2-7(5-12)4-9(8)11/h2-6H,1H3. The number of aldehydes is 1. The molecule has 0 saturated carbocycles. The number of halogens is 2. The minimum atomic E-state index is 0.214. The molecule has 0 fully saturated rings. The highest BCUT2D eigenvalue weighted by atomic mass is 79.9. The van der Waals surface area contributed by atoms with Gasteiger partial charge in [0.15, 0.2) is 0 Å². The summed E-state index contributed by atoms with van der Waals surface area (Å²) in [5.74, 6) is 0. The van der Waals surface area contributed by atoms with E-state index in [0.717, 1.165) is 11.8 Å². The second kappa shape index (κ2) is 4.06. The van der Waals surface area contributed by atoms with Gasteiger partial charge in [-0.3, -0.25) is 4.79 Å². The van der Waals surface area contributed by atoms with E-state index in [-0.39, 0.29) is 4.83 Å². The topological polar surface area (TPSA) is 17.1 Å². The maximum absolute atomic E-state index is 10.4. The third kappa shape index (κ3) is 2.08. The van der Waals surface area contributed by atoms with Crippen LogP contribution in [0.1, 0.15) is 27.7 Å². The Morgan fingerprint density at radius 3 is 2.67 bits per heavy atom. The van der Waals surface area contributed by atoms with Crippen LogP contribution in [0, 0.1) is 0 Å². The van der Waals surface area contributed by atoms with Gasteiger partial charge in [0, 0.05) is 15.4 Å². The van der Waals surface area contributed by atoms with E-state index < -0.39 is 0 Å². The van der Waals surface area contributed by atoms with Crippen molar-refractivity contribution in [2.75, 3.05) is 0 Å². The number of carbonyl (C=O) groups is 1. The molecule has 1 aromatic rings. The lowest BCUT2D eigenvalue weighted by molar-refractivity contribution is 0.112. The Labute approximate surface area is 84.9 Å². The Bertz CT molecular complexity index is 297. The number of hydrogen-bond acceptors (Lipinski definition) is 1. The minimum Gasteiger partial charge on any atom is -0.298 e. The number of hydrogen-bond donors (Lipinski definition) is 0. The van der Waals surface area contributed by atoms with Crippen molar-refractivity contribution in [3.8, 4) is 0 Å². The molecule has 1 aromatic carbocycles. The van der Waals surface area contributed by atoms with Gasteiger partial charge in [-0.2, -0.15) is 0 Å². The summed E-state index contributed by atoms with van der Waals surface area (Å²) in [6.07, 6.45) is 0.786. The smallest absolute Gasteiger partial charge is 0.150 e. The molecule has 3 heteroatoms. The fourth-order valence-electron chi connectivity index (χ4n) is 0.939. The van der Waals surface area contributed by atoms with Gasteiger partial charge in [-0.15, -0.1) is 0 Å². The number of rotatable bonds is 2. The van der Waals surface area contributed by atoms with Crippen molar-refractivity contribution in [2.45, 2.75) is 11.8 Å². The Hall–Kier alpha value is -0.340. The fourth-order valence-corrected chi connectivity index (χ4v) is 1.82. The molecule has 0 heterocycles. The third-order valence-corrected chi connectivity index (χ3v) is 2.41. The van der Waals surface area contributed by atoms with Crippen molar-refractivity contribution >= 4 is 33.8 Å². The zero-order valence-electron chi connectivity index (χ0n) is 6.55. The molecule has 1 rings (SSSR count). The Kier molecular flexibility index (Phi) is 3.29. The summed E-state index contributed by atoms with van der Waals surface area (Å²) in [5.41, 5.74) is 1.61. The molecule has 0 aliphatic heterocycles. The molecular formula is C9H8BrClO. The molecule has 0 radical (unpaired) electrons. The predicted octanol–water partition coefficient (Wildman–Crippen LogP) is 3.61. The Balaban J connectivity index is 3.11. The zero-order valence-corrected chi connectivity index (χ0v) is 8.89. The van der Waals surface area contributed by atoms with E-state index in [0.29, 0.717) is 10.6 Å². The van der Waals surface area contributed by atoms with E-state index in [1.165, 1.54) is 0 Å². The van der Waals surface area contributed by atoms with E-state index >= 15 is 0 Å². The summed E-state index contributed by atoms with van der Waals surface area (Å²) in [6, 6.07) is 5.28. The Morgan fingerprint density at radius 2 is 2.25 bits per heavy atom. The fraction of sp³-hybridized carbons (Fsp3) is 0.222. The van der Waals surface area contributed by atoms with Crippen molar-refractivity contribution in [3.63, 3.8) is 0 Å². The lowest BCUT2D eigenvalue weighted by Gasteiger charge is -2.05. The van der Waals surface area contributed by atoms with Crippen molar-refractivity contribution in [3.05, 3.63) is 34.3 Å². The SMILES string of the molecule is CC(Br)c1ccc(C=O)cc1Cl. The maximum Gasteiger partial charge on any atom is 0.150 e. The molecule has 0 bridgehead atoms. The monoisotopic (exact) mass is 246 g/mol. The van der Waals surface area contributed by atoms with Crippen LogP contribution in [0.15, 0.2) is 18.2 Å². The van der Waals surface area contributed by atoms with Gasteiger partial charge in [-0.25, -0.2) is 0 Å². The highest BCUT2D eigenvalue weighted by Gasteiger charge is 2.05. The molecule has 0 aliphatic rings. The van der Waals surface area contributed by atoms with Crippen molar-refractivity contribution in [2.24, 2.45) is 0 Å². The molecule has 0 N–H and O–H groups in total. The van der Waals surface area contributed by atoms with Crippen LogP contribution in [-0.2, 0) is 0 Å². The van der Waals surface area contributed by atoms with E-state index in [1.54, 1.807) is 12.1 Å². The van der Waals surface area contributed by atoms with Gasteiger partial charge in [0.25, 0.3) is 0 Å². The van der Waals surface area contributed by atoms with Crippen LogP contribution in [0.4, 0.5) is 0 Å². The normalized spacial score (nSPS) is 12.6. The minimum absolute atomic E-state index is 0.214. The summed E-state index contributed by atoms with van der Waals surface area (Å²) < 4.78 is 0. The first-order valence-corrected chi connectivity index (χ1v) is 4.83. The summed E-state index contributed by atoms with van der Waals surface area (Å²) in [5, 5.41) is 0.629. The number of benzene rings is 1. The quantitative estimate of drug-likeness (QED) is 0.576. The largest absolute Gasteiger partial charge is 0.298 e. The van der Waals surface area contributed by atoms with Gasteiger partial charge in [0.05, 0.1) is 0 Å². The van der Waals surface area contributed by atoms with Crippen molar-refractivity contribution in [1.82, 2.24) is 0 Å². The van der Waals surface area contributed by atoms with Gasteiger partial charge in [-0.05, 0) is 18.6 Å². The van der Waals surface area contributed by atoms with Gasteiger partial charge < -0.3 is 0 Å². The maximum atomic E-state index is 10.4. The summed E-state index contributed by atoms with van der Waals surface area (Å²) in [7, 11) is 0. The van der Waals surface area contributed by atoms with Crippen LogP contribution in [0.5, 0.6) is 0 Å². The van der Waals surface area contributed by atoms with E-state index in [9.17, 15) is 4.79 Å². The van der Waals surface area contributed by atoms with Gasteiger partial charge in [0.1, 0.15) is 6.29 Å². The molecule has 0 amide bonds. The van der Waals surface area contributed by atoms with Gasteiger partial charge >= 0.3 is 0 Å². The Morgan fingerprint density at radius 1 is 1.58 bits per heavy atom. The molecule has 1 unspecified atom stereocenters. The number of alkyl halides is 1. The lowest BCUT2D eigenvalue weighted by atomic mass is 10.1. The third-order valence-electron chi connectivity index (χ3n) is 1.59. The molecule has 0 spiro atoms. The van der Waals surface area contributed by atoms with Crippen LogP contribution in [0.2, 0.25) is 5.02 Å².